The van der Waals surface area contributed by atoms with Gasteiger partial charge in [0.05, 0.1) is 16.4 Å². The van der Waals surface area contributed by atoms with Gasteiger partial charge in [0.25, 0.3) is 0 Å². The number of hydrogen-bond donors (Lipinski definition) is 1. The fourth-order valence-corrected chi connectivity index (χ4v) is 1.90. The average Bonchev–Trinajstić information content (AvgIpc) is 2.61. The monoisotopic (exact) mass is 254 g/mol. The zero-order valence-corrected chi connectivity index (χ0v) is 11.5. The molecule has 4 heteroatoms. The molecule has 2 aromatic rings. The maximum atomic E-state index is 5.76. The van der Waals surface area contributed by atoms with Gasteiger partial charge in [0.2, 0.25) is 5.95 Å². The van der Waals surface area contributed by atoms with Gasteiger partial charge in [-0.2, -0.15) is 0 Å². The van der Waals surface area contributed by atoms with Crippen molar-refractivity contribution < 1.29 is 0 Å². The van der Waals surface area contributed by atoms with Gasteiger partial charge in [-0.15, -0.1) is 0 Å². The maximum Gasteiger partial charge on any atom is 0.200 e. The normalized spacial score (nSPS) is 12.5. The molecule has 19 heavy (non-hydrogen) atoms. The summed E-state index contributed by atoms with van der Waals surface area (Å²) in [5.74, 6) is 0.472. The number of imidazole rings is 1. The van der Waals surface area contributed by atoms with Gasteiger partial charge >= 0.3 is 0 Å². The van der Waals surface area contributed by atoms with E-state index >= 15 is 0 Å². The molecule has 0 fully saturated rings. The van der Waals surface area contributed by atoms with Crippen LogP contribution < -0.4 is 16.4 Å². The van der Waals surface area contributed by atoms with E-state index in [0.29, 0.717) is 5.95 Å². The summed E-state index contributed by atoms with van der Waals surface area (Å²) in [5, 5.41) is 1.61. The Morgan fingerprint density at radius 1 is 1.42 bits per heavy atom. The van der Waals surface area contributed by atoms with Crippen LogP contribution in [0.5, 0.6) is 0 Å². The van der Waals surface area contributed by atoms with E-state index in [4.69, 9.17) is 5.73 Å². The predicted octanol–water partition coefficient (Wildman–Crippen LogP) is 1.27. The Bertz CT molecular complexity index is 738. The summed E-state index contributed by atoms with van der Waals surface area (Å²) in [6.07, 6.45) is 3.77. The lowest BCUT2D eigenvalue weighted by Gasteiger charge is -2.00. The van der Waals surface area contributed by atoms with Crippen molar-refractivity contribution in [1.29, 1.82) is 0 Å². The van der Waals surface area contributed by atoms with E-state index in [0.717, 1.165) is 27.5 Å². The second kappa shape index (κ2) is 5.10. The zero-order valence-electron chi connectivity index (χ0n) is 11.5. The molecule has 2 rings (SSSR count). The molecule has 0 saturated heterocycles. The number of benzene rings is 1. The second-order valence-corrected chi connectivity index (χ2v) is 4.44. The van der Waals surface area contributed by atoms with Crippen molar-refractivity contribution in [3.05, 3.63) is 40.0 Å². The summed E-state index contributed by atoms with van der Waals surface area (Å²) >= 11 is 0. The van der Waals surface area contributed by atoms with Crippen molar-refractivity contribution in [2.45, 2.75) is 13.8 Å². The Labute approximate surface area is 112 Å². The van der Waals surface area contributed by atoms with Crippen molar-refractivity contribution in [1.82, 2.24) is 9.55 Å². The molecule has 0 saturated carbocycles. The number of nitrogens with two attached hydrogens (primary N) is 1. The highest BCUT2D eigenvalue weighted by Gasteiger charge is 2.00. The number of aliphatic imine (C=N–C) groups is 1. The quantitative estimate of drug-likeness (QED) is 0.821. The Morgan fingerprint density at radius 3 is 2.68 bits per heavy atom. The van der Waals surface area contributed by atoms with Gasteiger partial charge in [0.15, 0.2) is 0 Å². The Balaban J connectivity index is 2.52. The van der Waals surface area contributed by atoms with Crippen molar-refractivity contribution in [3.8, 4) is 0 Å². The van der Waals surface area contributed by atoms with E-state index in [1.165, 1.54) is 0 Å². The molecular formula is C15H18N4. The summed E-state index contributed by atoms with van der Waals surface area (Å²) in [7, 11) is 1.85. The number of anilines is 1. The first-order valence-electron chi connectivity index (χ1n) is 6.11. The van der Waals surface area contributed by atoms with Crippen LogP contribution in [0, 0.1) is 6.92 Å². The molecule has 0 aliphatic rings. The van der Waals surface area contributed by atoms with E-state index in [-0.39, 0.29) is 0 Å². The highest BCUT2D eigenvalue weighted by molar-refractivity contribution is 5.64. The van der Waals surface area contributed by atoms with E-state index in [1.807, 2.05) is 39.1 Å². The average molecular weight is 254 g/mol. The van der Waals surface area contributed by atoms with Gasteiger partial charge in [0, 0.05) is 13.3 Å². The topological polar surface area (TPSA) is 56.2 Å². The third-order valence-electron chi connectivity index (χ3n) is 3.07. The molecule has 0 aliphatic carbocycles. The molecule has 1 aromatic carbocycles. The summed E-state index contributed by atoms with van der Waals surface area (Å²) in [4.78, 5) is 8.59. The predicted molar refractivity (Wildman–Crippen MR) is 81.0 cm³/mol. The molecule has 0 aliphatic heterocycles. The number of hydrogen-bond acceptors (Lipinski definition) is 3. The van der Waals surface area contributed by atoms with Gasteiger partial charge in [-0.1, -0.05) is 12.6 Å². The lowest BCUT2D eigenvalue weighted by Crippen LogP contribution is -2.27. The van der Waals surface area contributed by atoms with Gasteiger partial charge in [-0.25, -0.2) is 4.98 Å². The molecule has 0 bridgehead atoms. The van der Waals surface area contributed by atoms with E-state index < -0.39 is 0 Å². The fraction of sp³-hybridized carbons (Fsp3) is 0.200. The van der Waals surface area contributed by atoms with Crippen LogP contribution in [0.15, 0.2) is 23.2 Å². The Kier molecular flexibility index (Phi) is 3.51. The number of aromatic nitrogens is 2. The molecule has 98 valence electrons. The van der Waals surface area contributed by atoms with Gasteiger partial charge in [0.1, 0.15) is 0 Å². The van der Waals surface area contributed by atoms with Crippen LogP contribution in [0.3, 0.4) is 0 Å². The van der Waals surface area contributed by atoms with E-state index in [1.54, 1.807) is 10.8 Å². The molecule has 4 nitrogen and oxygen atoms in total. The van der Waals surface area contributed by atoms with Crippen LogP contribution in [0.25, 0.3) is 12.7 Å². The SMILES string of the molecule is C=c1/c(=C/c2ccc(/N=C\C)c(C)c2)nc(N)n1C. The van der Waals surface area contributed by atoms with Gasteiger partial charge in [-0.3, -0.25) is 4.99 Å². The fourth-order valence-electron chi connectivity index (χ4n) is 1.90. The van der Waals surface area contributed by atoms with Crippen molar-refractivity contribution in [2.24, 2.45) is 12.0 Å². The first kappa shape index (κ1) is 13.1. The minimum Gasteiger partial charge on any atom is -0.369 e. The minimum atomic E-state index is 0.472. The molecule has 0 amide bonds. The van der Waals surface area contributed by atoms with Crippen molar-refractivity contribution in [2.75, 3.05) is 5.73 Å². The molecular weight excluding hydrogens is 236 g/mol. The number of aryl methyl sites for hydroxylation is 1. The molecule has 0 unspecified atom stereocenters. The molecule has 1 aromatic heterocycles. The van der Waals surface area contributed by atoms with Crippen LogP contribution in [0.1, 0.15) is 18.1 Å². The van der Waals surface area contributed by atoms with E-state index in [9.17, 15) is 0 Å². The number of nitrogen functional groups attached to an aromatic ring is 1. The van der Waals surface area contributed by atoms with Crippen LogP contribution in [0.4, 0.5) is 11.6 Å². The van der Waals surface area contributed by atoms with Crippen molar-refractivity contribution >= 4 is 30.5 Å². The van der Waals surface area contributed by atoms with Gasteiger partial charge in [-0.05, 0) is 43.2 Å². The summed E-state index contributed by atoms with van der Waals surface area (Å²) in [6.45, 7) is 7.92. The van der Waals surface area contributed by atoms with Gasteiger partial charge < -0.3 is 10.3 Å². The lowest BCUT2D eigenvalue weighted by atomic mass is 10.1. The molecule has 0 atom stereocenters. The molecule has 0 spiro atoms. The largest absolute Gasteiger partial charge is 0.369 e. The second-order valence-electron chi connectivity index (χ2n) is 4.44. The highest BCUT2D eigenvalue weighted by Crippen LogP contribution is 2.19. The van der Waals surface area contributed by atoms with Crippen LogP contribution >= 0.6 is 0 Å². The third-order valence-corrected chi connectivity index (χ3v) is 3.07. The Morgan fingerprint density at radius 2 is 2.16 bits per heavy atom. The third kappa shape index (κ3) is 2.57. The Hall–Kier alpha value is -2.36. The zero-order chi connectivity index (χ0) is 14.0. The standard InChI is InChI=1S/C15H18N4/c1-5-17-13-7-6-12(8-10(13)2)9-14-11(3)19(4)15(16)18-14/h5-9H,3H2,1-2,4H3,(H2,16,18)/b14-9-,17-5-. The molecule has 0 radical (unpaired) electrons. The van der Waals surface area contributed by atoms with Crippen LogP contribution in [-0.4, -0.2) is 15.8 Å². The summed E-state index contributed by atoms with van der Waals surface area (Å²) in [5.41, 5.74) is 8.93. The number of rotatable bonds is 2. The van der Waals surface area contributed by atoms with E-state index in [2.05, 4.69) is 22.6 Å². The highest BCUT2D eigenvalue weighted by atomic mass is 15.1. The first-order chi connectivity index (χ1) is 9.02. The van der Waals surface area contributed by atoms with Crippen LogP contribution in [0.2, 0.25) is 0 Å². The summed E-state index contributed by atoms with van der Waals surface area (Å²) in [6, 6.07) is 6.09. The molecule has 1 heterocycles. The van der Waals surface area contributed by atoms with Crippen molar-refractivity contribution in [3.63, 3.8) is 0 Å². The molecule has 2 N–H and O–H groups in total. The maximum absolute atomic E-state index is 5.76. The number of nitrogens with zero attached hydrogens (tertiary/aromatic N) is 3. The first-order valence-corrected chi connectivity index (χ1v) is 6.11. The van der Waals surface area contributed by atoms with Crippen LogP contribution in [-0.2, 0) is 7.05 Å². The smallest absolute Gasteiger partial charge is 0.200 e. The summed E-state index contributed by atoms with van der Waals surface area (Å²) < 4.78 is 1.77. The lowest BCUT2D eigenvalue weighted by molar-refractivity contribution is 0.898. The minimum absolute atomic E-state index is 0.472.